The SMILES string of the molecule is Cn1c(CNC(=O)CN2C(=O)C3(CCCCC3)C2c2ccccc2)nc2ccccc21. The number of rotatable bonds is 5. The Kier molecular flexibility index (Phi) is 5.00. The number of aryl methyl sites for hydroxylation is 1. The van der Waals surface area contributed by atoms with E-state index in [-0.39, 0.29) is 29.8 Å². The monoisotopic (exact) mass is 416 g/mol. The van der Waals surface area contributed by atoms with Crippen LogP contribution < -0.4 is 5.32 Å². The van der Waals surface area contributed by atoms with Crippen molar-refractivity contribution in [1.29, 1.82) is 0 Å². The number of aromatic nitrogens is 2. The summed E-state index contributed by atoms with van der Waals surface area (Å²) in [6, 6.07) is 18.1. The minimum Gasteiger partial charge on any atom is -0.347 e. The number of nitrogens with zero attached hydrogens (tertiary/aromatic N) is 3. The zero-order valence-corrected chi connectivity index (χ0v) is 17.9. The van der Waals surface area contributed by atoms with Gasteiger partial charge in [-0.3, -0.25) is 9.59 Å². The summed E-state index contributed by atoms with van der Waals surface area (Å²) in [4.78, 5) is 32.4. The van der Waals surface area contributed by atoms with Crippen LogP contribution in [0.25, 0.3) is 11.0 Å². The highest BCUT2D eigenvalue weighted by molar-refractivity contribution is 5.94. The van der Waals surface area contributed by atoms with E-state index >= 15 is 0 Å². The van der Waals surface area contributed by atoms with E-state index in [4.69, 9.17) is 0 Å². The lowest BCUT2D eigenvalue weighted by molar-refractivity contribution is -0.180. The van der Waals surface area contributed by atoms with E-state index in [0.29, 0.717) is 6.54 Å². The molecule has 1 spiro atoms. The summed E-state index contributed by atoms with van der Waals surface area (Å²) in [5.74, 6) is 0.791. The first-order chi connectivity index (χ1) is 15.1. The summed E-state index contributed by atoms with van der Waals surface area (Å²) >= 11 is 0. The van der Waals surface area contributed by atoms with Crippen LogP contribution in [-0.2, 0) is 23.2 Å². The first-order valence-corrected chi connectivity index (χ1v) is 11.1. The molecule has 1 N–H and O–H groups in total. The Labute approximate surface area is 182 Å². The lowest BCUT2D eigenvalue weighted by Gasteiger charge is -2.58. The third-order valence-electron chi connectivity index (χ3n) is 7.02. The van der Waals surface area contributed by atoms with Gasteiger partial charge in [-0.1, -0.05) is 61.7 Å². The highest BCUT2D eigenvalue weighted by Gasteiger charge is 2.60. The number of carbonyl (C=O) groups is 2. The van der Waals surface area contributed by atoms with Gasteiger partial charge in [0.2, 0.25) is 11.8 Å². The van der Waals surface area contributed by atoms with Crippen LogP contribution in [0.1, 0.15) is 49.5 Å². The van der Waals surface area contributed by atoms with Gasteiger partial charge in [0.05, 0.1) is 29.0 Å². The molecule has 160 valence electrons. The van der Waals surface area contributed by atoms with Gasteiger partial charge in [0.1, 0.15) is 12.4 Å². The van der Waals surface area contributed by atoms with Gasteiger partial charge in [-0.15, -0.1) is 0 Å². The first kappa shape index (κ1) is 19.8. The van der Waals surface area contributed by atoms with Crippen LogP contribution in [0.15, 0.2) is 54.6 Å². The number of fused-ring (bicyclic) bond motifs is 1. The standard InChI is InChI=1S/C25H28N4O2/c1-28-20-13-7-6-12-19(20)27-21(28)16-26-22(30)17-29-23(18-10-4-2-5-11-18)25(24(29)31)14-8-3-9-15-25/h2,4-7,10-13,23H,3,8-9,14-17H2,1H3,(H,26,30). The molecule has 0 bridgehead atoms. The van der Waals surface area contributed by atoms with Gasteiger partial charge < -0.3 is 14.8 Å². The molecule has 0 radical (unpaired) electrons. The second kappa shape index (κ2) is 7.84. The molecule has 1 aliphatic carbocycles. The number of nitrogens with one attached hydrogen (secondary N) is 1. The Morgan fingerprint density at radius 3 is 2.52 bits per heavy atom. The molecular weight excluding hydrogens is 388 g/mol. The van der Waals surface area contributed by atoms with Gasteiger partial charge in [0.15, 0.2) is 0 Å². The molecule has 1 saturated heterocycles. The van der Waals surface area contributed by atoms with Crippen molar-refractivity contribution >= 4 is 22.8 Å². The van der Waals surface area contributed by atoms with Crippen molar-refractivity contribution in [3.05, 3.63) is 66.0 Å². The van der Waals surface area contributed by atoms with Crippen molar-refractivity contribution < 1.29 is 9.59 Å². The number of β-lactam (4-membered cyclic amide) rings is 1. The molecule has 2 heterocycles. The molecule has 1 unspecified atom stereocenters. The van der Waals surface area contributed by atoms with Crippen LogP contribution in [0.3, 0.4) is 0 Å². The zero-order valence-electron chi connectivity index (χ0n) is 17.9. The second-order valence-corrected chi connectivity index (χ2v) is 8.82. The summed E-state index contributed by atoms with van der Waals surface area (Å²) in [7, 11) is 1.95. The number of hydrogen-bond donors (Lipinski definition) is 1. The van der Waals surface area contributed by atoms with Crippen LogP contribution in [0, 0.1) is 5.41 Å². The number of benzene rings is 2. The molecule has 31 heavy (non-hydrogen) atoms. The maximum Gasteiger partial charge on any atom is 0.240 e. The molecule has 3 aromatic rings. The van der Waals surface area contributed by atoms with Gasteiger partial charge in [0, 0.05) is 7.05 Å². The summed E-state index contributed by atoms with van der Waals surface area (Å²) in [5.41, 5.74) is 2.76. The Morgan fingerprint density at radius 2 is 1.77 bits per heavy atom. The predicted molar refractivity (Wildman–Crippen MR) is 119 cm³/mol. The Balaban J connectivity index is 1.30. The van der Waals surface area contributed by atoms with E-state index in [9.17, 15) is 9.59 Å². The lowest BCUT2D eigenvalue weighted by Crippen LogP contribution is -2.65. The molecule has 2 aromatic carbocycles. The first-order valence-electron chi connectivity index (χ1n) is 11.1. The Hall–Kier alpha value is -3.15. The molecule has 1 saturated carbocycles. The van der Waals surface area contributed by atoms with Crippen LogP contribution in [0.5, 0.6) is 0 Å². The fraction of sp³-hybridized carbons (Fsp3) is 0.400. The smallest absolute Gasteiger partial charge is 0.240 e. The van der Waals surface area contributed by atoms with Crippen LogP contribution in [0.2, 0.25) is 0 Å². The van der Waals surface area contributed by atoms with Crippen LogP contribution in [0.4, 0.5) is 0 Å². The number of likely N-dealkylation sites (tertiary alicyclic amines) is 1. The van der Waals surface area contributed by atoms with Crippen LogP contribution >= 0.6 is 0 Å². The average molecular weight is 417 g/mol. The van der Waals surface area contributed by atoms with Crippen LogP contribution in [-0.4, -0.2) is 32.8 Å². The largest absolute Gasteiger partial charge is 0.347 e. The molecule has 1 aliphatic heterocycles. The van der Waals surface area contributed by atoms with Gasteiger partial charge >= 0.3 is 0 Å². The van der Waals surface area contributed by atoms with E-state index in [0.717, 1.165) is 48.1 Å². The van der Waals surface area contributed by atoms with Gasteiger partial charge in [-0.05, 0) is 30.5 Å². The molecule has 2 amide bonds. The van der Waals surface area contributed by atoms with Crippen molar-refractivity contribution in [1.82, 2.24) is 19.8 Å². The highest BCUT2D eigenvalue weighted by atomic mass is 16.2. The predicted octanol–water partition coefficient (Wildman–Crippen LogP) is 3.72. The average Bonchev–Trinajstić information content (AvgIpc) is 3.14. The third-order valence-corrected chi connectivity index (χ3v) is 7.02. The zero-order chi connectivity index (χ0) is 21.4. The quantitative estimate of drug-likeness (QED) is 0.645. The minimum atomic E-state index is -0.322. The van der Waals surface area contributed by atoms with E-state index < -0.39 is 0 Å². The fourth-order valence-electron chi connectivity index (χ4n) is 5.46. The second-order valence-electron chi connectivity index (χ2n) is 8.82. The van der Waals surface area contributed by atoms with Gasteiger partial charge in [-0.2, -0.15) is 0 Å². The van der Waals surface area contributed by atoms with Crippen molar-refractivity contribution in [2.24, 2.45) is 12.5 Å². The van der Waals surface area contributed by atoms with E-state index in [2.05, 4.69) is 22.4 Å². The molecule has 2 aliphatic rings. The topological polar surface area (TPSA) is 67.2 Å². The normalized spacial score (nSPS) is 20.1. The van der Waals surface area contributed by atoms with Crippen molar-refractivity contribution in [3.8, 4) is 0 Å². The summed E-state index contributed by atoms with van der Waals surface area (Å²) in [6.07, 6.45) is 5.20. The van der Waals surface area contributed by atoms with Crippen molar-refractivity contribution in [3.63, 3.8) is 0 Å². The summed E-state index contributed by atoms with van der Waals surface area (Å²) in [5, 5.41) is 2.97. The molecule has 1 atom stereocenters. The minimum absolute atomic E-state index is 0.0111. The number of imidazole rings is 1. The van der Waals surface area contributed by atoms with Gasteiger partial charge in [-0.25, -0.2) is 4.98 Å². The maximum atomic E-state index is 13.2. The highest BCUT2D eigenvalue weighted by Crippen LogP contribution is 2.57. The molecule has 2 fully saturated rings. The van der Waals surface area contributed by atoms with E-state index in [1.54, 1.807) is 4.90 Å². The van der Waals surface area contributed by atoms with Gasteiger partial charge in [0.25, 0.3) is 0 Å². The lowest BCUT2D eigenvalue weighted by atomic mass is 9.60. The number of amides is 2. The van der Waals surface area contributed by atoms with Crippen molar-refractivity contribution in [2.75, 3.05) is 6.54 Å². The van der Waals surface area contributed by atoms with E-state index in [1.807, 2.05) is 54.1 Å². The molecule has 6 nitrogen and oxygen atoms in total. The fourth-order valence-corrected chi connectivity index (χ4v) is 5.46. The molecule has 6 heteroatoms. The number of carbonyl (C=O) groups excluding carboxylic acids is 2. The van der Waals surface area contributed by atoms with E-state index in [1.165, 1.54) is 6.42 Å². The number of para-hydroxylation sites is 2. The third kappa shape index (κ3) is 3.30. The molecule has 5 rings (SSSR count). The number of hydrogen-bond acceptors (Lipinski definition) is 3. The molecule has 1 aromatic heterocycles. The Morgan fingerprint density at radius 1 is 1.06 bits per heavy atom. The summed E-state index contributed by atoms with van der Waals surface area (Å²) < 4.78 is 1.99. The maximum absolute atomic E-state index is 13.2. The summed E-state index contributed by atoms with van der Waals surface area (Å²) in [6.45, 7) is 0.428. The Bertz CT molecular complexity index is 1120. The van der Waals surface area contributed by atoms with Crippen molar-refractivity contribution in [2.45, 2.75) is 44.7 Å². The molecular formula is C25H28N4O2.